The summed E-state index contributed by atoms with van der Waals surface area (Å²) in [6.07, 6.45) is 60.3. The van der Waals surface area contributed by atoms with Crippen molar-refractivity contribution in [3.8, 4) is 0 Å². The zero-order valence-electron chi connectivity index (χ0n) is 42.2. The summed E-state index contributed by atoms with van der Waals surface area (Å²) in [4.78, 5) is 37.7. The highest BCUT2D eigenvalue weighted by atomic mass is 31.2. The summed E-state index contributed by atoms with van der Waals surface area (Å²) in [5.41, 5.74) is 0. The Morgan fingerprint density at radius 1 is 0.492 bits per heavy atom. The number of rotatable bonds is 46. The summed E-state index contributed by atoms with van der Waals surface area (Å²) in [6.45, 7) is 4.08. The monoisotopic (exact) mass is 930 g/mol. The SMILES string of the molecule is CC/C=C\C/C=C\C/C=C\C/C=C\C/C=C\CCCCCCCCCC(=O)OC(COC(=O)CCCCCCCCC/C=C\C/C=C\CCCCCC)COP(=O)([O-])OCC[N+](C)(C)C. The van der Waals surface area contributed by atoms with Crippen molar-refractivity contribution in [1.29, 1.82) is 0 Å². The molecule has 10 heteroatoms. The molecule has 0 aromatic carbocycles. The summed E-state index contributed by atoms with van der Waals surface area (Å²) in [5, 5.41) is 0. The second kappa shape index (κ2) is 46.3. The van der Waals surface area contributed by atoms with Gasteiger partial charge >= 0.3 is 11.9 Å². The Morgan fingerprint density at radius 2 is 0.877 bits per heavy atom. The van der Waals surface area contributed by atoms with Crippen molar-refractivity contribution in [3.63, 3.8) is 0 Å². The zero-order chi connectivity index (χ0) is 47.8. The average Bonchev–Trinajstić information content (AvgIpc) is 3.26. The standard InChI is InChI=1S/C55H96NO8P/c1-6-8-10-12-14-16-18-20-22-24-26-27-28-29-30-32-34-36-38-40-42-44-46-48-55(58)64-53(52-63-65(59,60)62-50-49-56(3,4)5)51-61-54(57)47-45-43-41-39-37-35-33-31-25-23-21-19-17-15-13-11-9-7-2/h8,10,14,16-17,19-20,22-23,25-27,29-30,53H,6-7,9,11-13,15,18,21,24,28,31-52H2,1-5H3/b10-8-,16-14-,19-17-,22-20-,25-23-,27-26-,30-29-. The molecule has 0 aromatic heterocycles. The molecule has 0 amide bonds. The Bertz CT molecular complexity index is 1380. The largest absolute Gasteiger partial charge is 0.756 e. The van der Waals surface area contributed by atoms with Crippen LogP contribution in [-0.4, -0.2) is 70.0 Å². The number of unbranched alkanes of at least 4 members (excludes halogenated alkanes) is 18. The number of phosphoric ester groups is 1. The number of phosphoric acid groups is 1. The lowest BCUT2D eigenvalue weighted by molar-refractivity contribution is -0.870. The number of esters is 2. The average molecular weight is 930 g/mol. The van der Waals surface area contributed by atoms with Gasteiger partial charge in [0, 0.05) is 12.8 Å². The third kappa shape index (κ3) is 50.4. The fourth-order valence-electron chi connectivity index (χ4n) is 6.65. The lowest BCUT2D eigenvalue weighted by atomic mass is 10.1. The number of carbonyl (C=O) groups is 2. The summed E-state index contributed by atoms with van der Waals surface area (Å²) in [6, 6.07) is 0. The van der Waals surface area contributed by atoms with Gasteiger partial charge in [-0.15, -0.1) is 0 Å². The van der Waals surface area contributed by atoms with E-state index in [4.69, 9.17) is 18.5 Å². The van der Waals surface area contributed by atoms with Gasteiger partial charge in [0.25, 0.3) is 7.82 Å². The highest BCUT2D eigenvalue weighted by Gasteiger charge is 2.21. The molecule has 2 unspecified atom stereocenters. The third-order valence-corrected chi connectivity index (χ3v) is 11.6. The van der Waals surface area contributed by atoms with Crippen LogP contribution in [-0.2, 0) is 32.7 Å². The molecule has 0 spiro atoms. The second-order valence-corrected chi connectivity index (χ2v) is 19.6. The van der Waals surface area contributed by atoms with E-state index in [2.05, 4.69) is 98.9 Å². The number of carbonyl (C=O) groups excluding carboxylic acids is 2. The number of likely N-dealkylation sites (N-methyl/N-ethyl adjacent to an activating group) is 1. The van der Waals surface area contributed by atoms with Gasteiger partial charge in [0.2, 0.25) is 0 Å². The van der Waals surface area contributed by atoms with E-state index in [9.17, 15) is 19.0 Å². The predicted molar refractivity (Wildman–Crippen MR) is 272 cm³/mol. The van der Waals surface area contributed by atoms with Gasteiger partial charge in [0.05, 0.1) is 27.7 Å². The van der Waals surface area contributed by atoms with Crippen molar-refractivity contribution in [1.82, 2.24) is 0 Å². The van der Waals surface area contributed by atoms with Crippen LogP contribution < -0.4 is 4.89 Å². The Balaban J connectivity index is 4.31. The quantitative estimate of drug-likeness (QED) is 0.0195. The molecule has 0 rings (SSSR count). The van der Waals surface area contributed by atoms with Crippen molar-refractivity contribution >= 4 is 19.8 Å². The fourth-order valence-corrected chi connectivity index (χ4v) is 7.38. The molecule has 374 valence electrons. The van der Waals surface area contributed by atoms with Gasteiger partial charge in [-0.2, -0.15) is 0 Å². The van der Waals surface area contributed by atoms with Crippen LogP contribution in [0.15, 0.2) is 85.1 Å². The Labute approximate surface area is 399 Å². The molecule has 0 bridgehead atoms. The van der Waals surface area contributed by atoms with E-state index < -0.39 is 32.5 Å². The van der Waals surface area contributed by atoms with Gasteiger partial charge in [-0.25, -0.2) is 0 Å². The molecule has 0 radical (unpaired) electrons. The van der Waals surface area contributed by atoms with Crippen LogP contribution in [0.25, 0.3) is 0 Å². The molecule has 0 aliphatic carbocycles. The minimum atomic E-state index is -4.64. The van der Waals surface area contributed by atoms with Crippen molar-refractivity contribution in [2.24, 2.45) is 0 Å². The maximum atomic E-state index is 12.8. The van der Waals surface area contributed by atoms with Gasteiger partial charge in [-0.3, -0.25) is 14.2 Å². The van der Waals surface area contributed by atoms with Crippen LogP contribution in [0.2, 0.25) is 0 Å². The molecule has 0 fully saturated rings. The smallest absolute Gasteiger partial charge is 0.306 e. The van der Waals surface area contributed by atoms with Crippen molar-refractivity contribution in [2.75, 3.05) is 47.5 Å². The highest BCUT2D eigenvalue weighted by molar-refractivity contribution is 7.45. The van der Waals surface area contributed by atoms with E-state index in [-0.39, 0.29) is 26.1 Å². The lowest BCUT2D eigenvalue weighted by Gasteiger charge is -2.28. The van der Waals surface area contributed by atoms with Crippen LogP contribution in [0.4, 0.5) is 0 Å². The molecule has 65 heavy (non-hydrogen) atoms. The van der Waals surface area contributed by atoms with Crippen molar-refractivity contribution in [2.45, 2.75) is 206 Å². The first kappa shape index (κ1) is 62.2. The van der Waals surface area contributed by atoms with Crippen molar-refractivity contribution in [3.05, 3.63) is 85.1 Å². The van der Waals surface area contributed by atoms with Gasteiger partial charge in [0.15, 0.2) is 6.10 Å². The first-order valence-electron chi connectivity index (χ1n) is 25.8. The maximum absolute atomic E-state index is 12.8. The third-order valence-electron chi connectivity index (χ3n) is 10.6. The molecule has 0 saturated heterocycles. The van der Waals surface area contributed by atoms with Gasteiger partial charge < -0.3 is 27.9 Å². The first-order chi connectivity index (χ1) is 31.5. The number of ether oxygens (including phenoxy) is 2. The van der Waals surface area contributed by atoms with Crippen LogP contribution in [0.3, 0.4) is 0 Å². The molecule has 0 N–H and O–H groups in total. The van der Waals surface area contributed by atoms with Gasteiger partial charge in [0.1, 0.15) is 19.8 Å². The van der Waals surface area contributed by atoms with Crippen molar-refractivity contribution < 1.29 is 42.1 Å². The number of nitrogens with zero attached hydrogens (tertiary/aromatic N) is 1. The van der Waals surface area contributed by atoms with Gasteiger partial charge in [-0.05, 0) is 89.9 Å². The van der Waals surface area contributed by atoms with Crippen LogP contribution in [0.1, 0.15) is 200 Å². The number of hydrogen-bond acceptors (Lipinski definition) is 8. The Hall–Kier alpha value is -2.81. The normalized spacial score (nSPS) is 14.1. The van der Waals surface area contributed by atoms with E-state index in [1.807, 2.05) is 21.1 Å². The number of allylic oxidation sites excluding steroid dienone is 14. The molecular formula is C55H96NO8P. The highest BCUT2D eigenvalue weighted by Crippen LogP contribution is 2.38. The van der Waals surface area contributed by atoms with E-state index in [1.165, 1.54) is 70.6 Å². The molecule has 9 nitrogen and oxygen atoms in total. The Kier molecular flexibility index (Phi) is 44.3. The topological polar surface area (TPSA) is 111 Å². The molecular weight excluding hydrogens is 834 g/mol. The molecule has 0 aromatic rings. The van der Waals surface area contributed by atoms with Crippen LogP contribution in [0, 0.1) is 0 Å². The zero-order valence-corrected chi connectivity index (χ0v) is 43.0. The summed E-state index contributed by atoms with van der Waals surface area (Å²) >= 11 is 0. The molecule has 0 saturated carbocycles. The van der Waals surface area contributed by atoms with E-state index in [1.54, 1.807) is 0 Å². The van der Waals surface area contributed by atoms with E-state index in [0.717, 1.165) is 96.3 Å². The number of quaternary nitrogens is 1. The van der Waals surface area contributed by atoms with E-state index >= 15 is 0 Å². The summed E-state index contributed by atoms with van der Waals surface area (Å²) < 4.78 is 34.0. The molecule has 2 atom stereocenters. The van der Waals surface area contributed by atoms with Crippen LogP contribution >= 0.6 is 7.82 Å². The lowest BCUT2D eigenvalue weighted by Crippen LogP contribution is -2.37. The molecule has 0 heterocycles. The first-order valence-corrected chi connectivity index (χ1v) is 27.3. The van der Waals surface area contributed by atoms with Gasteiger partial charge in [-0.1, -0.05) is 182 Å². The fraction of sp³-hybridized carbons (Fsp3) is 0.709. The molecule has 0 aliphatic rings. The Morgan fingerprint density at radius 3 is 1.31 bits per heavy atom. The second-order valence-electron chi connectivity index (χ2n) is 18.1. The van der Waals surface area contributed by atoms with E-state index in [0.29, 0.717) is 17.4 Å². The molecule has 0 aliphatic heterocycles. The predicted octanol–water partition coefficient (Wildman–Crippen LogP) is 14.9. The van der Waals surface area contributed by atoms with Crippen LogP contribution in [0.5, 0.6) is 0 Å². The maximum Gasteiger partial charge on any atom is 0.306 e. The summed E-state index contributed by atoms with van der Waals surface area (Å²) in [5.74, 6) is -0.860. The number of hydrogen-bond donors (Lipinski definition) is 0. The minimum Gasteiger partial charge on any atom is -0.756 e. The summed E-state index contributed by atoms with van der Waals surface area (Å²) in [7, 11) is 1.14. The minimum absolute atomic E-state index is 0.0389.